The largest absolute Gasteiger partial charge is 0.0616 e. The Morgan fingerprint density at radius 1 is 0.429 bits per heavy atom. The molecule has 196 valence electrons. The minimum absolute atomic E-state index is 0.336. The van der Waals surface area contributed by atoms with E-state index < -0.39 is 0 Å². The van der Waals surface area contributed by atoms with Crippen LogP contribution in [-0.2, 0) is 0 Å². The van der Waals surface area contributed by atoms with Crippen LogP contribution in [0.4, 0.5) is 0 Å². The molecule has 0 saturated heterocycles. The normalized spacial score (nSPS) is 20.2. The lowest BCUT2D eigenvalue weighted by molar-refractivity contribution is 0.569. The fourth-order valence-corrected chi connectivity index (χ4v) is 7.46. The van der Waals surface area contributed by atoms with Gasteiger partial charge in [-0.3, -0.25) is 0 Å². The average molecular weight is 533 g/mol. The molecule has 0 heterocycles. The van der Waals surface area contributed by atoms with Crippen molar-refractivity contribution in [2.24, 2.45) is 11.8 Å². The number of allylic oxidation sites excluding steroid dienone is 14. The van der Waals surface area contributed by atoms with Crippen molar-refractivity contribution >= 4 is 32.7 Å². The maximum Gasteiger partial charge on any atom is 0.0205 e. The summed E-state index contributed by atoms with van der Waals surface area (Å²) in [5.41, 5.74) is 13.5. The van der Waals surface area contributed by atoms with E-state index >= 15 is 0 Å². The monoisotopic (exact) mass is 532 g/mol. The quantitative estimate of drug-likeness (QED) is 0.217. The van der Waals surface area contributed by atoms with Crippen molar-refractivity contribution in [1.29, 1.82) is 0 Å². The first-order valence-corrected chi connectivity index (χ1v) is 14.8. The van der Waals surface area contributed by atoms with Gasteiger partial charge in [-0.25, -0.2) is 0 Å². The number of benzene rings is 5. The van der Waals surface area contributed by atoms with E-state index in [-0.39, 0.29) is 0 Å². The average Bonchev–Trinajstić information content (AvgIpc) is 3.06. The van der Waals surface area contributed by atoms with Gasteiger partial charge in [0.15, 0.2) is 0 Å². The molecular formula is C42H28. The molecule has 0 saturated carbocycles. The van der Waals surface area contributed by atoms with Crippen LogP contribution in [-0.4, -0.2) is 0 Å². The van der Waals surface area contributed by atoms with Crippen LogP contribution in [0.15, 0.2) is 180 Å². The molecule has 5 aromatic rings. The molecule has 0 spiro atoms. The standard InChI is InChI=1S/C42H28/c1-2-8-33-26-34(17-12-27(33)6-1)38-23-19-32-20-24-39-37(22-18-31-21-25-40(38)42(32)41(31)39)30-15-13-29(14-16-30)36-11-5-9-28-7-3-4-10-35(28)36/h1-26,41-42H. The van der Waals surface area contributed by atoms with Gasteiger partial charge >= 0.3 is 0 Å². The second kappa shape index (κ2) is 9.16. The predicted octanol–water partition coefficient (Wildman–Crippen LogP) is 10.7. The molecule has 4 aliphatic carbocycles. The van der Waals surface area contributed by atoms with Crippen molar-refractivity contribution in [3.05, 3.63) is 191 Å². The van der Waals surface area contributed by atoms with E-state index in [9.17, 15) is 0 Å². The first-order chi connectivity index (χ1) is 20.8. The summed E-state index contributed by atoms with van der Waals surface area (Å²) in [6.07, 6.45) is 18.8. The fraction of sp³-hybridized carbons (Fsp3) is 0.0476. The van der Waals surface area contributed by atoms with Gasteiger partial charge < -0.3 is 0 Å². The van der Waals surface area contributed by atoms with E-state index in [1.54, 1.807) is 0 Å². The van der Waals surface area contributed by atoms with Crippen LogP contribution in [0.1, 0.15) is 11.1 Å². The summed E-state index contributed by atoms with van der Waals surface area (Å²) >= 11 is 0. The molecule has 2 unspecified atom stereocenters. The molecule has 0 nitrogen and oxygen atoms in total. The Morgan fingerprint density at radius 3 is 2.02 bits per heavy atom. The number of hydrogen-bond donors (Lipinski definition) is 0. The molecule has 4 aliphatic rings. The summed E-state index contributed by atoms with van der Waals surface area (Å²) in [5, 5.41) is 5.15. The number of hydrogen-bond acceptors (Lipinski definition) is 0. The van der Waals surface area contributed by atoms with Crippen LogP contribution in [0.25, 0.3) is 43.8 Å². The molecule has 0 heteroatoms. The topological polar surface area (TPSA) is 0 Å². The highest BCUT2D eigenvalue weighted by molar-refractivity contribution is 5.97. The third kappa shape index (κ3) is 3.55. The van der Waals surface area contributed by atoms with Gasteiger partial charge in [-0.05, 0) is 83.3 Å². The van der Waals surface area contributed by atoms with Gasteiger partial charge in [0.2, 0.25) is 0 Å². The zero-order valence-corrected chi connectivity index (χ0v) is 23.2. The van der Waals surface area contributed by atoms with Gasteiger partial charge in [-0.15, -0.1) is 0 Å². The molecule has 0 N–H and O–H groups in total. The fourth-order valence-electron chi connectivity index (χ4n) is 7.46. The van der Waals surface area contributed by atoms with E-state index in [0.29, 0.717) is 11.8 Å². The summed E-state index contributed by atoms with van der Waals surface area (Å²) in [6.45, 7) is 0. The lowest BCUT2D eigenvalue weighted by Gasteiger charge is -2.42. The second-order valence-corrected chi connectivity index (χ2v) is 11.7. The zero-order chi connectivity index (χ0) is 27.6. The summed E-state index contributed by atoms with van der Waals surface area (Å²) in [6, 6.07) is 39.9. The minimum atomic E-state index is 0.336. The van der Waals surface area contributed by atoms with E-state index in [2.05, 4.69) is 158 Å². The van der Waals surface area contributed by atoms with Crippen LogP contribution in [0.3, 0.4) is 0 Å². The molecular weight excluding hydrogens is 504 g/mol. The van der Waals surface area contributed by atoms with Crippen molar-refractivity contribution < 1.29 is 0 Å². The molecule has 0 fully saturated rings. The van der Waals surface area contributed by atoms with Gasteiger partial charge in [0, 0.05) is 11.8 Å². The van der Waals surface area contributed by atoms with E-state index in [1.807, 2.05) is 0 Å². The maximum absolute atomic E-state index is 2.37. The first kappa shape index (κ1) is 23.5. The third-order valence-electron chi connectivity index (χ3n) is 9.50. The van der Waals surface area contributed by atoms with E-state index in [1.165, 1.54) is 77.2 Å². The smallest absolute Gasteiger partial charge is 0.0205 e. The van der Waals surface area contributed by atoms with Crippen LogP contribution in [0.2, 0.25) is 0 Å². The Kier molecular flexibility index (Phi) is 5.12. The Balaban J connectivity index is 1.11. The van der Waals surface area contributed by atoms with Crippen LogP contribution in [0.5, 0.6) is 0 Å². The Morgan fingerprint density at radius 2 is 1.12 bits per heavy atom. The van der Waals surface area contributed by atoms with Crippen molar-refractivity contribution in [2.45, 2.75) is 0 Å². The molecule has 2 atom stereocenters. The lowest BCUT2D eigenvalue weighted by atomic mass is 9.61. The summed E-state index contributed by atoms with van der Waals surface area (Å²) in [5.74, 6) is 0.675. The molecule has 42 heavy (non-hydrogen) atoms. The highest BCUT2D eigenvalue weighted by atomic mass is 14.4. The molecule has 0 amide bonds. The molecule has 0 aliphatic heterocycles. The SMILES string of the molecule is C1=CC2=C(c3ccc(-c4cccc5ccccc45)cc3)C=CC3=CC=C4C(c5ccc6ccccc6c5)=CC=C1C4C32. The molecule has 0 radical (unpaired) electrons. The Hall–Kier alpha value is -5.20. The molecule has 5 aromatic carbocycles. The zero-order valence-electron chi connectivity index (χ0n) is 23.2. The maximum atomic E-state index is 2.37. The summed E-state index contributed by atoms with van der Waals surface area (Å²) in [7, 11) is 0. The van der Waals surface area contributed by atoms with Crippen molar-refractivity contribution in [1.82, 2.24) is 0 Å². The van der Waals surface area contributed by atoms with Gasteiger partial charge in [-0.1, -0.05) is 152 Å². The van der Waals surface area contributed by atoms with E-state index in [4.69, 9.17) is 0 Å². The van der Waals surface area contributed by atoms with Crippen molar-refractivity contribution in [3.8, 4) is 11.1 Å². The second-order valence-electron chi connectivity index (χ2n) is 11.7. The van der Waals surface area contributed by atoms with Crippen molar-refractivity contribution in [3.63, 3.8) is 0 Å². The van der Waals surface area contributed by atoms with Gasteiger partial charge in [-0.2, -0.15) is 0 Å². The van der Waals surface area contributed by atoms with Crippen LogP contribution < -0.4 is 0 Å². The Bertz CT molecular complexity index is 2160. The highest BCUT2D eigenvalue weighted by Crippen LogP contribution is 2.53. The van der Waals surface area contributed by atoms with Gasteiger partial charge in [0.05, 0.1) is 0 Å². The van der Waals surface area contributed by atoms with Gasteiger partial charge in [0.1, 0.15) is 0 Å². The summed E-state index contributed by atoms with van der Waals surface area (Å²) in [4.78, 5) is 0. The molecule has 9 rings (SSSR count). The first-order valence-electron chi connectivity index (χ1n) is 14.8. The van der Waals surface area contributed by atoms with Crippen LogP contribution >= 0.6 is 0 Å². The van der Waals surface area contributed by atoms with Crippen molar-refractivity contribution in [2.75, 3.05) is 0 Å². The predicted molar refractivity (Wildman–Crippen MR) is 178 cm³/mol. The summed E-state index contributed by atoms with van der Waals surface area (Å²) < 4.78 is 0. The highest BCUT2D eigenvalue weighted by Gasteiger charge is 2.40. The lowest BCUT2D eigenvalue weighted by Crippen LogP contribution is -2.30. The van der Waals surface area contributed by atoms with Gasteiger partial charge in [0.25, 0.3) is 0 Å². The Labute approximate surface area is 246 Å². The van der Waals surface area contributed by atoms with Crippen LogP contribution in [0, 0.1) is 11.8 Å². The molecule has 0 aromatic heterocycles. The minimum Gasteiger partial charge on any atom is -0.0616 e. The molecule has 0 bridgehead atoms. The number of fused-ring (bicyclic) bond motifs is 2. The van der Waals surface area contributed by atoms with E-state index in [0.717, 1.165) is 0 Å². The third-order valence-corrected chi connectivity index (χ3v) is 9.50. The number of rotatable bonds is 3.